The van der Waals surface area contributed by atoms with Crippen molar-refractivity contribution in [1.82, 2.24) is 4.90 Å². The molecule has 0 aromatic heterocycles. The SMILES string of the molecule is CC(CCc1ccccc1F)C(=O)N(C)CCO. The zero-order valence-electron chi connectivity index (χ0n) is 10.9. The second kappa shape index (κ2) is 7.11. The summed E-state index contributed by atoms with van der Waals surface area (Å²) in [6.45, 7) is 2.13. The van der Waals surface area contributed by atoms with Crippen LogP contribution >= 0.6 is 0 Å². The third kappa shape index (κ3) is 4.11. The number of benzene rings is 1. The quantitative estimate of drug-likeness (QED) is 0.840. The van der Waals surface area contributed by atoms with Gasteiger partial charge in [-0.2, -0.15) is 0 Å². The highest BCUT2D eigenvalue weighted by Gasteiger charge is 2.17. The molecular weight excluding hydrogens is 233 g/mol. The number of likely N-dealkylation sites (N-methyl/N-ethyl adjacent to an activating group) is 1. The maximum absolute atomic E-state index is 13.4. The Morgan fingerprint density at radius 2 is 2.11 bits per heavy atom. The summed E-state index contributed by atoms with van der Waals surface area (Å²) in [6.07, 6.45) is 1.15. The van der Waals surface area contributed by atoms with Crippen LogP contribution in [0.15, 0.2) is 24.3 Å². The third-order valence-electron chi connectivity index (χ3n) is 3.04. The Morgan fingerprint density at radius 3 is 2.72 bits per heavy atom. The molecule has 0 aliphatic rings. The van der Waals surface area contributed by atoms with Gasteiger partial charge < -0.3 is 10.0 Å². The molecule has 18 heavy (non-hydrogen) atoms. The summed E-state index contributed by atoms with van der Waals surface area (Å²) in [7, 11) is 1.66. The van der Waals surface area contributed by atoms with Crippen molar-refractivity contribution >= 4 is 5.91 Å². The average molecular weight is 253 g/mol. The standard InChI is InChI=1S/C14H20FNO2/c1-11(14(18)16(2)9-10-17)7-8-12-5-3-4-6-13(12)15/h3-6,11,17H,7-10H2,1-2H3. The fraction of sp³-hybridized carbons (Fsp3) is 0.500. The first-order valence-corrected chi connectivity index (χ1v) is 6.15. The van der Waals surface area contributed by atoms with E-state index in [1.165, 1.54) is 11.0 Å². The van der Waals surface area contributed by atoms with E-state index in [9.17, 15) is 9.18 Å². The molecule has 0 spiro atoms. The Hall–Kier alpha value is -1.42. The molecule has 1 atom stereocenters. The molecule has 0 aliphatic carbocycles. The maximum Gasteiger partial charge on any atom is 0.225 e. The van der Waals surface area contributed by atoms with Crippen LogP contribution < -0.4 is 0 Å². The van der Waals surface area contributed by atoms with Gasteiger partial charge in [0.25, 0.3) is 0 Å². The number of aryl methyl sites for hydroxylation is 1. The first kappa shape index (κ1) is 14.6. The second-order valence-electron chi connectivity index (χ2n) is 4.51. The molecule has 0 aliphatic heterocycles. The third-order valence-corrected chi connectivity index (χ3v) is 3.04. The number of nitrogens with zero attached hydrogens (tertiary/aromatic N) is 1. The van der Waals surface area contributed by atoms with E-state index in [4.69, 9.17) is 5.11 Å². The van der Waals surface area contributed by atoms with E-state index in [0.717, 1.165) is 0 Å². The Labute approximate surface area is 107 Å². The highest BCUT2D eigenvalue weighted by atomic mass is 19.1. The van der Waals surface area contributed by atoms with Crippen LogP contribution in [0.4, 0.5) is 4.39 Å². The van der Waals surface area contributed by atoms with Crippen LogP contribution in [0, 0.1) is 11.7 Å². The summed E-state index contributed by atoms with van der Waals surface area (Å²) in [4.78, 5) is 13.4. The van der Waals surface area contributed by atoms with Crippen molar-refractivity contribution in [2.24, 2.45) is 5.92 Å². The predicted octanol–water partition coefficient (Wildman–Crippen LogP) is 1.85. The van der Waals surface area contributed by atoms with Crippen LogP contribution in [-0.4, -0.2) is 36.1 Å². The lowest BCUT2D eigenvalue weighted by molar-refractivity contribution is -0.134. The minimum absolute atomic E-state index is 0.0135. The number of halogens is 1. The summed E-state index contributed by atoms with van der Waals surface area (Å²) in [5.74, 6) is -0.401. The van der Waals surface area contributed by atoms with Crippen LogP contribution in [-0.2, 0) is 11.2 Å². The van der Waals surface area contributed by atoms with Gasteiger partial charge in [-0.3, -0.25) is 4.79 Å². The first-order valence-electron chi connectivity index (χ1n) is 6.15. The van der Waals surface area contributed by atoms with Gasteiger partial charge in [-0.15, -0.1) is 0 Å². The molecule has 0 radical (unpaired) electrons. The number of aliphatic hydroxyl groups is 1. The molecule has 1 amide bonds. The Balaban J connectivity index is 2.48. The lowest BCUT2D eigenvalue weighted by atomic mass is 9.99. The van der Waals surface area contributed by atoms with Crippen LogP contribution in [0.2, 0.25) is 0 Å². The molecule has 1 unspecified atom stereocenters. The molecule has 1 rings (SSSR count). The lowest BCUT2D eigenvalue weighted by Crippen LogP contribution is -2.34. The van der Waals surface area contributed by atoms with Gasteiger partial charge in [-0.1, -0.05) is 25.1 Å². The van der Waals surface area contributed by atoms with Crippen LogP contribution in [0.1, 0.15) is 18.9 Å². The minimum Gasteiger partial charge on any atom is -0.395 e. The molecular formula is C14H20FNO2. The van der Waals surface area contributed by atoms with Gasteiger partial charge in [-0.25, -0.2) is 4.39 Å². The van der Waals surface area contributed by atoms with E-state index in [1.807, 2.05) is 6.92 Å². The average Bonchev–Trinajstić information content (AvgIpc) is 2.36. The van der Waals surface area contributed by atoms with Crippen molar-refractivity contribution in [3.63, 3.8) is 0 Å². The van der Waals surface area contributed by atoms with Gasteiger partial charge in [0, 0.05) is 19.5 Å². The second-order valence-corrected chi connectivity index (χ2v) is 4.51. The molecule has 4 heteroatoms. The fourth-order valence-electron chi connectivity index (χ4n) is 1.83. The van der Waals surface area contributed by atoms with E-state index in [-0.39, 0.29) is 24.2 Å². The smallest absolute Gasteiger partial charge is 0.225 e. The number of amides is 1. The van der Waals surface area contributed by atoms with E-state index in [0.29, 0.717) is 24.9 Å². The van der Waals surface area contributed by atoms with Crippen molar-refractivity contribution in [2.75, 3.05) is 20.2 Å². The summed E-state index contributed by atoms with van der Waals surface area (Å²) < 4.78 is 13.4. The molecule has 0 saturated heterocycles. The van der Waals surface area contributed by atoms with Gasteiger partial charge in [0.05, 0.1) is 6.61 Å². The topological polar surface area (TPSA) is 40.5 Å². The highest BCUT2D eigenvalue weighted by Crippen LogP contribution is 2.14. The molecule has 3 nitrogen and oxygen atoms in total. The summed E-state index contributed by atoms with van der Waals surface area (Å²) in [5, 5.41) is 8.77. The molecule has 1 aromatic rings. The van der Waals surface area contributed by atoms with Crippen LogP contribution in [0.25, 0.3) is 0 Å². The van der Waals surface area contributed by atoms with Gasteiger partial charge >= 0.3 is 0 Å². The van der Waals surface area contributed by atoms with Crippen molar-refractivity contribution in [3.8, 4) is 0 Å². The number of hydrogen-bond donors (Lipinski definition) is 1. The van der Waals surface area contributed by atoms with E-state index in [1.54, 1.807) is 25.2 Å². The summed E-state index contributed by atoms with van der Waals surface area (Å²) in [5.41, 5.74) is 0.641. The lowest BCUT2D eigenvalue weighted by Gasteiger charge is -2.20. The Kier molecular flexibility index (Phi) is 5.78. The van der Waals surface area contributed by atoms with Crippen LogP contribution in [0.3, 0.4) is 0 Å². The first-order chi connectivity index (χ1) is 8.56. The van der Waals surface area contributed by atoms with Gasteiger partial charge in [0.1, 0.15) is 5.82 Å². The number of carbonyl (C=O) groups excluding carboxylic acids is 1. The van der Waals surface area contributed by atoms with Crippen LogP contribution in [0.5, 0.6) is 0 Å². The molecule has 1 aromatic carbocycles. The number of hydrogen-bond acceptors (Lipinski definition) is 2. The Morgan fingerprint density at radius 1 is 1.44 bits per heavy atom. The fourth-order valence-corrected chi connectivity index (χ4v) is 1.83. The predicted molar refractivity (Wildman–Crippen MR) is 68.6 cm³/mol. The normalized spacial score (nSPS) is 12.2. The van der Waals surface area contributed by atoms with E-state index >= 15 is 0 Å². The van der Waals surface area contributed by atoms with Crippen molar-refractivity contribution < 1.29 is 14.3 Å². The largest absolute Gasteiger partial charge is 0.395 e. The monoisotopic (exact) mass is 253 g/mol. The van der Waals surface area contributed by atoms with E-state index in [2.05, 4.69) is 0 Å². The molecule has 1 N–H and O–H groups in total. The number of carbonyl (C=O) groups is 1. The molecule has 0 saturated carbocycles. The zero-order chi connectivity index (χ0) is 13.5. The number of aliphatic hydroxyl groups excluding tert-OH is 1. The van der Waals surface area contributed by atoms with E-state index < -0.39 is 0 Å². The summed E-state index contributed by atoms with van der Waals surface area (Å²) >= 11 is 0. The summed E-state index contributed by atoms with van der Waals surface area (Å²) in [6, 6.07) is 6.62. The molecule has 0 heterocycles. The van der Waals surface area contributed by atoms with Gasteiger partial charge in [-0.05, 0) is 24.5 Å². The number of rotatable bonds is 6. The molecule has 0 bridgehead atoms. The highest BCUT2D eigenvalue weighted by molar-refractivity contribution is 5.78. The Bertz CT molecular complexity index is 395. The molecule has 0 fully saturated rings. The van der Waals surface area contributed by atoms with Crippen molar-refractivity contribution in [2.45, 2.75) is 19.8 Å². The van der Waals surface area contributed by atoms with Gasteiger partial charge in [0.15, 0.2) is 0 Å². The van der Waals surface area contributed by atoms with Gasteiger partial charge in [0.2, 0.25) is 5.91 Å². The van der Waals surface area contributed by atoms with Crippen molar-refractivity contribution in [1.29, 1.82) is 0 Å². The minimum atomic E-state index is -0.221. The molecule has 100 valence electrons. The van der Waals surface area contributed by atoms with Crippen molar-refractivity contribution in [3.05, 3.63) is 35.6 Å². The zero-order valence-corrected chi connectivity index (χ0v) is 10.9. The maximum atomic E-state index is 13.4.